The molecular formula is C13H13N3O2. The Morgan fingerprint density at radius 1 is 1.22 bits per heavy atom. The van der Waals surface area contributed by atoms with E-state index in [4.69, 9.17) is 9.47 Å². The third-order valence-corrected chi connectivity index (χ3v) is 2.70. The van der Waals surface area contributed by atoms with E-state index >= 15 is 0 Å². The third-order valence-electron chi connectivity index (χ3n) is 2.70. The lowest BCUT2D eigenvalue weighted by Crippen LogP contribution is -1.98. The minimum atomic E-state index is 0.500. The number of rotatable bonds is 3. The van der Waals surface area contributed by atoms with Crippen molar-refractivity contribution in [2.75, 3.05) is 26.6 Å². The molecule has 0 amide bonds. The quantitative estimate of drug-likeness (QED) is 0.894. The molecule has 1 N–H and O–H groups in total. The summed E-state index contributed by atoms with van der Waals surface area (Å²) in [5.74, 6) is 1.84. The number of ether oxygens (including phenoxy) is 2. The molecule has 0 fully saturated rings. The van der Waals surface area contributed by atoms with Crippen LogP contribution in [-0.4, -0.2) is 26.3 Å². The van der Waals surface area contributed by atoms with E-state index in [2.05, 4.69) is 16.4 Å². The molecule has 0 saturated heterocycles. The van der Waals surface area contributed by atoms with E-state index < -0.39 is 0 Å². The average Bonchev–Trinajstić information content (AvgIpc) is 2.44. The van der Waals surface area contributed by atoms with Gasteiger partial charge in [0, 0.05) is 7.05 Å². The molecule has 1 aromatic heterocycles. The van der Waals surface area contributed by atoms with E-state index in [1.165, 1.54) is 0 Å². The lowest BCUT2D eigenvalue weighted by atomic mass is 10.1. The zero-order chi connectivity index (χ0) is 13.1. The van der Waals surface area contributed by atoms with Crippen molar-refractivity contribution in [2.24, 2.45) is 0 Å². The highest BCUT2D eigenvalue weighted by Gasteiger charge is 2.14. The molecule has 0 radical (unpaired) electrons. The summed E-state index contributed by atoms with van der Waals surface area (Å²) in [6.45, 7) is 0. The van der Waals surface area contributed by atoms with E-state index in [0.29, 0.717) is 33.8 Å². The van der Waals surface area contributed by atoms with Crippen LogP contribution in [0.4, 0.5) is 5.82 Å². The Labute approximate surface area is 105 Å². The van der Waals surface area contributed by atoms with Crippen LogP contribution < -0.4 is 14.8 Å². The molecule has 2 aromatic rings. The molecule has 5 heteroatoms. The molecule has 0 saturated carbocycles. The van der Waals surface area contributed by atoms with Crippen LogP contribution in [0.2, 0.25) is 0 Å². The highest BCUT2D eigenvalue weighted by atomic mass is 16.5. The largest absolute Gasteiger partial charge is 0.496 e. The first-order valence-electron chi connectivity index (χ1n) is 5.38. The van der Waals surface area contributed by atoms with Gasteiger partial charge >= 0.3 is 0 Å². The number of nitriles is 1. The fraction of sp³-hybridized carbons (Fsp3) is 0.231. The van der Waals surface area contributed by atoms with Crippen molar-refractivity contribution < 1.29 is 9.47 Å². The van der Waals surface area contributed by atoms with Crippen LogP contribution in [0.25, 0.3) is 10.9 Å². The number of hydrogen-bond donors (Lipinski definition) is 1. The van der Waals surface area contributed by atoms with Crippen molar-refractivity contribution in [3.8, 4) is 17.6 Å². The molecular weight excluding hydrogens is 230 g/mol. The number of pyridine rings is 1. The zero-order valence-corrected chi connectivity index (χ0v) is 10.4. The molecule has 92 valence electrons. The predicted molar refractivity (Wildman–Crippen MR) is 69.1 cm³/mol. The van der Waals surface area contributed by atoms with Crippen molar-refractivity contribution in [3.05, 3.63) is 23.8 Å². The Morgan fingerprint density at radius 2 is 1.89 bits per heavy atom. The molecule has 0 spiro atoms. The van der Waals surface area contributed by atoms with Gasteiger partial charge in [-0.25, -0.2) is 4.98 Å². The fourth-order valence-corrected chi connectivity index (χ4v) is 1.84. The molecule has 0 aliphatic carbocycles. The average molecular weight is 243 g/mol. The Hall–Kier alpha value is -2.48. The topological polar surface area (TPSA) is 67.2 Å². The van der Waals surface area contributed by atoms with Crippen LogP contribution >= 0.6 is 0 Å². The second-order valence-corrected chi connectivity index (χ2v) is 3.61. The van der Waals surface area contributed by atoms with Crippen molar-refractivity contribution >= 4 is 16.7 Å². The molecule has 0 atom stereocenters. The van der Waals surface area contributed by atoms with Gasteiger partial charge in [-0.1, -0.05) is 0 Å². The first-order valence-corrected chi connectivity index (χ1v) is 5.38. The lowest BCUT2D eigenvalue weighted by molar-refractivity contribution is 0.409. The molecule has 0 aliphatic rings. The van der Waals surface area contributed by atoms with Gasteiger partial charge in [-0.05, 0) is 18.2 Å². The van der Waals surface area contributed by atoms with Gasteiger partial charge in [0.2, 0.25) is 0 Å². The maximum absolute atomic E-state index is 9.24. The summed E-state index contributed by atoms with van der Waals surface area (Å²) < 4.78 is 10.5. The van der Waals surface area contributed by atoms with Crippen molar-refractivity contribution in [3.63, 3.8) is 0 Å². The van der Waals surface area contributed by atoms with Crippen molar-refractivity contribution in [1.82, 2.24) is 4.98 Å². The van der Waals surface area contributed by atoms with Crippen LogP contribution in [0.3, 0.4) is 0 Å². The predicted octanol–water partition coefficient (Wildman–Crippen LogP) is 2.17. The van der Waals surface area contributed by atoms with Crippen LogP contribution in [0, 0.1) is 11.3 Å². The summed E-state index contributed by atoms with van der Waals surface area (Å²) in [6, 6.07) is 7.38. The Bertz CT molecular complexity index is 632. The lowest BCUT2D eigenvalue weighted by Gasteiger charge is -2.11. The maximum Gasteiger partial charge on any atom is 0.145 e. The van der Waals surface area contributed by atoms with Crippen molar-refractivity contribution in [1.29, 1.82) is 5.26 Å². The van der Waals surface area contributed by atoms with Gasteiger partial charge in [-0.15, -0.1) is 0 Å². The molecule has 0 aliphatic heterocycles. The fourth-order valence-electron chi connectivity index (χ4n) is 1.84. The summed E-state index contributed by atoms with van der Waals surface area (Å²) in [4.78, 5) is 4.41. The molecule has 1 aromatic carbocycles. The highest BCUT2D eigenvalue weighted by molar-refractivity contribution is 5.95. The van der Waals surface area contributed by atoms with E-state index in [0.717, 1.165) is 0 Å². The number of aromatic nitrogens is 1. The monoisotopic (exact) mass is 243 g/mol. The SMILES string of the molecule is CNc1cc(C#N)c2c(OC)ccc(OC)c2n1. The first-order chi connectivity index (χ1) is 8.74. The Balaban J connectivity index is 2.92. The Kier molecular flexibility index (Phi) is 3.20. The Morgan fingerprint density at radius 3 is 2.44 bits per heavy atom. The first kappa shape index (κ1) is 12.0. The number of benzene rings is 1. The van der Waals surface area contributed by atoms with Crippen LogP contribution in [0.5, 0.6) is 11.5 Å². The van der Waals surface area contributed by atoms with Gasteiger partial charge in [0.05, 0.1) is 25.2 Å². The molecule has 1 heterocycles. The number of hydrogen-bond acceptors (Lipinski definition) is 5. The number of fused-ring (bicyclic) bond motifs is 1. The minimum absolute atomic E-state index is 0.500. The summed E-state index contributed by atoms with van der Waals surface area (Å²) in [7, 11) is 4.89. The number of nitrogens with one attached hydrogen (secondary N) is 1. The van der Waals surface area contributed by atoms with Gasteiger partial charge in [0.1, 0.15) is 28.9 Å². The summed E-state index contributed by atoms with van der Waals surface area (Å²) in [5, 5.41) is 12.8. The minimum Gasteiger partial charge on any atom is -0.496 e. The normalized spacial score (nSPS) is 9.89. The zero-order valence-electron chi connectivity index (χ0n) is 10.4. The molecule has 0 unspecified atom stereocenters. The van der Waals surface area contributed by atoms with E-state index in [1.807, 2.05) is 0 Å². The van der Waals surface area contributed by atoms with E-state index in [-0.39, 0.29) is 0 Å². The molecule has 5 nitrogen and oxygen atoms in total. The van der Waals surface area contributed by atoms with Crippen LogP contribution in [0.15, 0.2) is 18.2 Å². The van der Waals surface area contributed by atoms with Crippen molar-refractivity contribution in [2.45, 2.75) is 0 Å². The smallest absolute Gasteiger partial charge is 0.145 e. The van der Waals surface area contributed by atoms with Gasteiger partial charge in [0.15, 0.2) is 0 Å². The standard InChI is InChI=1S/C13H13N3O2/c1-15-11-6-8(7-14)12-9(17-2)4-5-10(18-3)13(12)16-11/h4-6H,1-3H3,(H,15,16). The van der Waals surface area contributed by atoms with E-state index in [1.54, 1.807) is 39.5 Å². The second kappa shape index (κ2) is 4.80. The van der Waals surface area contributed by atoms with E-state index in [9.17, 15) is 5.26 Å². The second-order valence-electron chi connectivity index (χ2n) is 3.61. The van der Waals surface area contributed by atoms with Gasteiger partial charge in [-0.2, -0.15) is 5.26 Å². The van der Waals surface area contributed by atoms with Crippen LogP contribution in [0.1, 0.15) is 5.56 Å². The summed E-state index contributed by atoms with van der Waals surface area (Å²) in [5.41, 5.74) is 1.11. The third kappa shape index (κ3) is 1.78. The van der Waals surface area contributed by atoms with Gasteiger partial charge < -0.3 is 14.8 Å². The number of methoxy groups -OCH3 is 2. The van der Waals surface area contributed by atoms with Gasteiger partial charge in [0.25, 0.3) is 0 Å². The molecule has 2 rings (SSSR count). The summed E-state index contributed by atoms with van der Waals surface area (Å²) in [6.07, 6.45) is 0. The highest BCUT2D eigenvalue weighted by Crippen LogP contribution is 2.35. The number of anilines is 1. The summed E-state index contributed by atoms with van der Waals surface area (Å²) >= 11 is 0. The number of nitrogens with zero attached hydrogens (tertiary/aromatic N) is 2. The molecule has 0 bridgehead atoms. The molecule has 18 heavy (non-hydrogen) atoms. The van der Waals surface area contributed by atoms with Crippen LogP contribution in [-0.2, 0) is 0 Å². The maximum atomic E-state index is 9.24. The van der Waals surface area contributed by atoms with Gasteiger partial charge in [-0.3, -0.25) is 0 Å².